The molecule has 1 heterocycles. The van der Waals surface area contributed by atoms with Crippen molar-refractivity contribution in [3.05, 3.63) is 170 Å². The van der Waals surface area contributed by atoms with Crippen LogP contribution >= 0.6 is 0 Å². The van der Waals surface area contributed by atoms with Gasteiger partial charge in [-0.15, -0.1) is 0 Å². The van der Waals surface area contributed by atoms with Crippen molar-refractivity contribution in [2.24, 2.45) is 0 Å². The van der Waals surface area contributed by atoms with Gasteiger partial charge >= 0.3 is 0 Å². The van der Waals surface area contributed by atoms with Crippen molar-refractivity contribution in [2.75, 3.05) is 0 Å². The quantitative estimate of drug-likeness (QED) is 0.205. The number of phenolic OH excluding ortho intramolecular Hbond substituents is 1. The van der Waals surface area contributed by atoms with Gasteiger partial charge in [0.05, 0.1) is 0 Å². The van der Waals surface area contributed by atoms with Crippen LogP contribution in [0.4, 0.5) is 0 Å². The summed E-state index contributed by atoms with van der Waals surface area (Å²) in [6.45, 7) is 0. The van der Waals surface area contributed by atoms with Gasteiger partial charge in [-0.1, -0.05) is 146 Å². The molecular weight excluding hydrogens is 574 g/mol. The third kappa shape index (κ3) is 5.65. The summed E-state index contributed by atoms with van der Waals surface area (Å²) in [5, 5.41) is 13.4. The van der Waals surface area contributed by atoms with Gasteiger partial charge in [-0.05, 0) is 62.9 Å². The fourth-order valence-corrected chi connectivity index (χ4v) is 6.03. The summed E-state index contributed by atoms with van der Waals surface area (Å²) < 4.78 is 0. The molecule has 0 aliphatic rings. The molecule has 4 heteroatoms. The van der Waals surface area contributed by atoms with E-state index in [1.165, 1.54) is 0 Å². The van der Waals surface area contributed by atoms with Crippen LogP contribution in [0, 0.1) is 0 Å². The minimum atomic E-state index is 0.200. The first-order valence-corrected chi connectivity index (χ1v) is 15.6. The molecule has 0 bridgehead atoms. The van der Waals surface area contributed by atoms with Crippen LogP contribution in [0.3, 0.4) is 0 Å². The van der Waals surface area contributed by atoms with E-state index in [2.05, 4.69) is 60.7 Å². The average Bonchev–Trinajstić information content (AvgIpc) is 3.15. The van der Waals surface area contributed by atoms with Gasteiger partial charge in [-0.2, -0.15) is 0 Å². The molecule has 1 N–H and O–H groups in total. The summed E-state index contributed by atoms with van der Waals surface area (Å²) in [5.41, 5.74) is 8.45. The standard InChI is InChI=1S/C43H29N3O/c47-40-28-34-20-11-10-19-33(34)26-38(40)37-24-23-35(30-15-6-2-7-16-30)27-39(37)43-45-41(31-17-8-3-9-18-31)44-42(46-43)36-22-12-21-32(25-36)29-13-4-1-5-14-29/h1-28,47H. The molecule has 0 aliphatic heterocycles. The predicted molar refractivity (Wildman–Crippen MR) is 192 cm³/mol. The zero-order valence-electron chi connectivity index (χ0n) is 25.5. The lowest BCUT2D eigenvalue weighted by atomic mass is 9.92. The molecule has 0 fully saturated rings. The molecule has 4 nitrogen and oxygen atoms in total. The minimum Gasteiger partial charge on any atom is -0.507 e. The molecule has 1 aromatic heterocycles. The molecule has 0 atom stereocenters. The van der Waals surface area contributed by atoms with E-state index in [0.29, 0.717) is 23.0 Å². The number of aromatic hydroxyl groups is 1. The fourth-order valence-electron chi connectivity index (χ4n) is 6.03. The van der Waals surface area contributed by atoms with Gasteiger partial charge in [0, 0.05) is 22.3 Å². The number of benzene rings is 7. The van der Waals surface area contributed by atoms with E-state index in [1.54, 1.807) is 0 Å². The highest BCUT2D eigenvalue weighted by Gasteiger charge is 2.19. The molecule has 8 rings (SSSR count). The van der Waals surface area contributed by atoms with Crippen LogP contribution in [0.5, 0.6) is 5.75 Å². The molecule has 0 unspecified atom stereocenters. The maximum Gasteiger partial charge on any atom is 0.164 e. The van der Waals surface area contributed by atoms with E-state index in [0.717, 1.165) is 55.3 Å². The highest BCUT2D eigenvalue weighted by atomic mass is 16.3. The molecule has 222 valence electrons. The Labute approximate surface area is 273 Å². The lowest BCUT2D eigenvalue weighted by Crippen LogP contribution is -2.01. The summed E-state index contributed by atoms with van der Waals surface area (Å²) in [7, 11) is 0. The van der Waals surface area contributed by atoms with Crippen LogP contribution in [0.25, 0.3) is 78.3 Å². The summed E-state index contributed by atoms with van der Waals surface area (Å²) in [6.07, 6.45) is 0. The van der Waals surface area contributed by atoms with Gasteiger partial charge < -0.3 is 5.11 Å². The maximum absolute atomic E-state index is 11.4. The van der Waals surface area contributed by atoms with Gasteiger partial charge in [0.2, 0.25) is 0 Å². The van der Waals surface area contributed by atoms with Crippen molar-refractivity contribution in [2.45, 2.75) is 0 Å². The van der Waals surface area contributed by atoms with Crippen molar-refractivity contribution >= 4 is 10.8 Å². The number of aromatic nitrogens is 3. The predicted octanol–water partition coefficient (Wildman–Crippen LogP) is 10.7. The number of rotatable bonds is 6. The summed E-state index contributed by atoms with van der Waals surface area (Å²) in [5.74, 6) is 1.88. The molecule has 0 saturated carbocycles. The molecule has 0 radical (unpaired) electrons. The van der Waals surface area contributed by atoms with Crippen molar-refractivity contribution in [3.63, 3.8) is 0 Å². The van der Waals surface area contributed by atoms with Gasteiger partial charge in [0.25, 0.3) is 0 Å². The van der Waals surface area contributed by atoms with Gasteiger partial charge in [0.1, 0.15) is 5.75 Å². The highest BCUT2D eigenvalue weighted by Crippen LogP contribution is 2.41. The Balaban J connectivity index is 1.38. The second kappa shape index (κ2) is 12.2. The van der Waals surface area contributed by atoms with Gasteiger partial charge in [0.15, 0.2) is 17.5 Å². The maximum atomic E-state index is 11.4. The largest absolute Gasteiger partial charge is 0.507 e. The van der Waals surface area contributed by atoms with Crippen LogP contribution in [-0.2, 0) is 0 Å². The molecule has 8 aromatic rings. The van der Waals surface area contributed by atoms with Gasteiger partial charge in [-0.3, -0.25) is 0 Å². The summed E-state index contributed by atoms with van der Waals surface area (Å²) in [6, 6.07) is 57.1. The highest BCUT2D eigenvalue weighted by molar-refractivity contribution is 5.95. The lowest BCUT2D eigenvalue weighted by Gasteiger charge is -2.15. The normalized spacial score (nSPS) is 11.1. The first-order valence-electron chi connectivity index (χ1n) is 15.6. The molecular formula is C43H29N3O. The van der Waals surface area contributed by atoms with Crippen LogP contribution in [-0.4, -0.2) is 20.1 Å². The number of hydrogen-bond donors (Lipinski definition) is 1. The summed E-state index contributed by atoms with van der Waals surface area (Å²) >= 11 is 0. The Hall–Kier alpha value is -6.39. The number of hydrogen-bond acceptors (Lipinski definition) is 4. The molecule has 0 spiro atoms. The number of nitrogens with zero attached hydrogens (tertiary/aromatic N) is 3. The fraction of sp³-hybridized carbons (Fsp3) is 0. The van der Waals surface area contributed by atoms with E-state index in [9.17, 15) is 5.11 Å². The molecule has 0 saturated heterocycles. The molecule has 0 aliphatic carbocycles. The molecule has 7 aromatic carbocycles. The first-order chi connectivity index (χ1) is 23.2. The topological polar surface area (TPSA) is 58.9 Å². The molecule has 0 amide bonds. The molecule has 47 heavy (non-hydrogen) atoms. The van der Waals surface area contributed by atoms with E-state index in [1.807, 2.05) is 109 Å². The van der Waals surface area contributed by atoms with E-state index >= 15 is 0 Å². The van der Waals surface area contributed by atoms with Crippen molar-refractivity contribution in [3.8, 4) is 73.3 Å². The van der Waals surface area contributed by atoms with Crippen LogP contribution < -0.4 is 0 Å². The van der Waals surface area contributed by atoms with Crippen LogP contribution in [0.1, 0.15) is 0 Å². The third-order valence-electron chi connectivity index (χ3n) is 8.42. The van der Waals surface area contributed by atoms with E-state index < -0.39 is 0 Å². The van der Waals surface area contributed by atoms with Crippen molar-refractivity contribution in [1.29, 1.82) is 0 Å². The Morgan fingerprint density at radius 2 is 0.787 bits per heavy atom. The lowest BCUT2D eigenvalue weighted by molar-refractivity contribution is 0.478. The zero-order valence-corrected chi connectivity index (χ0v) is 25.5. The Kier molecular flexibility index (Phi) is 7.29. The zero-order chi connectivity index (χ0) is 31.6. The van der Waals surface area contributed by atoms with Crippen molar-refractivity contribution in [1.82, 2.24) is 15.0 Å². The SMILES string of the molecule is Oc1cc2ccccc2cc1-c1ccc(-c2ccccc2)cc1-c1nc(-c2ccccc2)nc(-c2cccc(-c3ccccc3)c2)n1. The minimum absolute atomic E-state index is 0.200. The smallest absolute Gasteiger partial charge is 0.164 e. The average molecular weight is 604 g/mol. The Bertz CT molecular complexity index is 2350. The van der Waals surface area contributed by atoms with Crippen LogP contribution in [0.15, 0.2) is 170 Å². The first kappa shape index (κ1) is 28.1. The third-order valence-corrected chi connectivity index (χ3v) is 8.42. The monoisotopic (exact) mass is 603 g/mol. The van der Waals surface area contributed by atoms with E-state index in [-0.39, 0.29) is 5.75 Å². The second-order valence-corrected chi connectivity index (χ2v) is 11.5. The van der Waals surface area contributed by atoms with Gasteiger partial charge in [-0.25, -0.2) is 15.0 Å². The second-order valence-electron chi connectivity index (χ2n) is 11.5. The van der Waals surface area contributed by atoms with Crippen LogP contribution in [0.2, 0.25) is 0 Å². The van der Waals surface area contributed by atoms with E-state index in [4.69, 9.17) is 15.0 Å². The summed E-state index contributed by atoms with van der Waals surface area (Å²) in [4.78, 5) is 15.2. The Morgan fingerprint density at radius 3 is 1.45 bits per heavy atom. The Morgan fingerprint density at radius 1 is 0.298 bits per heavy atom. The number of phenols is 1. The number of fused-ring (bicyclic) bond motifs is 1. The van der Waals surface area contributed by atoms with Crippen molar-refractivity contribution < 1.29 is 5.11 Å².